The highest BCUT2D eigenvalue weighted by molar-refractivity contribution is 8.00. The lowest BCUT2D eigenvalue weighted by atomic mass is 10.2. The van der Waals surface area contributed by atoms with Crippen molar-refractivity contribution in [2.24, 2.45) is 0 Å². The fourth-order valence-electron chi connectivity index (χ4n) is 2.43. The molecule has 0 saturated carbocycles. The molecule has 0 aliphatic rings. The van der Waals surface area contributed by atoms with Crippen LogP contribution in [0.5, 0.6) is 11.5 Å². The Hall–Kier alpha value is -1.51. The number of aromatic nitrogens is 3. The largest absolute Gasteiger partial charge is 0.493 e. The molecule has 0 radical (unpaired) electrons. The molecule has 144 valence electrons. The summed E-state index contributed by atoms with van der Waals surface area (Å²) in [6.45, 7) is 8.61. The van der Waals surface area contributed by atoms with Crippen LogP contribution in [0.1, 0.15) is 6.42 Å². The SMILES string of the molecule is COCCCn1c(SC[Si](C)(C)C)nnc1-c1ccc(OC)c(OC)c1. The molecule has 8 heteroatoms. The van der Waals surface area contributed by atoms with E-state index in [1.54, 1.807) is 33.1 Å². The molecule has 1 heterocycles. The van der Waals surface area contributed by atoms with Crippen LogP contribution in [0, 0.1) is 0 Å². The third-order valence-corrected chi connectivity index (χ3v) is 8.32. The normalized spacial score (nSPS) is 11.6. The highest BCUT2D eigenvalue weighted by Crippen LogP contribution is 2.33. The van der Waals surface area contributed by atoms with E-state index in [-0.39, 0.29) is 0 Å². The smallest absolute Gasteiger partial charge is 0.191 e. The molecule has 2 rings (SSSR count). The monoisotopic (exact) mass is 395 g/mol. The number of hydrogen-bond acceptors (Lipinski definition) is 6. The molecule has 6 nitrogen and oxygen atoms in total. The lowest BCUT2D eigenvalue weighted by Gasteiger charge is -2.16. The number of nitrogens with zero attached hydrogens (tertiary/aromatic N) is 3. The van der Waals surface area contributed by atoms with Crippen LogP contribution in [0.2, 0.25) is 19.6 Å². The van der Waals surface area contributed by atoms with Crippen molar-refractivity contribution in [2.45, 2.75) is 37.8 Å². The molecule has 26 heavy (non-hydrogen) atoms. The van der Waals surface area contributed by atoms with Gasteiger partial charge in [-0.2, -0.15) is 0 Å². The van der Waals surface area contributed by atoms with Crippen LogP contribution in [0.4, 0.5) is 0 Å². The number of benzene rings is 1. The molecule has 2 aromatic rings. The predicted octanol–water partition coefficient (Wildman–Crippen LogP) is 3.97. The van der Waals surface area contributed by atoms with Crippen LogP contribution in [0.15, 0.2) is 23.4 Å². The summed E-state index contributed by atoms with van der Waals surface area (Å²) in [6, 6.07) is 5.84. The molecule has 0 atom stereocenters. The van der Waals surface area contributed by atoms with E-state index in [1.807, 2.05) is 18.2 Å². The minimum absolute atomic E-state index is 0.688. The molecule has 0 spiro atoms. The second-order valence-corrected chi connectivity index (χ2v) is 14.2. The highest BCUT2D eigenvalue weighted by atomic mass is 32.2. The Kier molecular flexibility index (Phi) is 7.54. The van der Waals surface area contributed by atoms with Gasteiger partial charge in [-0.1, -0.05) is 31.4 Å². The first-order valence-corrected chi connectivity index (χ1v) is 13.4. The fraction of sp³-hybridized carbons (Fsp3) is 0.556. The fourth-order valence-corrected chi connectivity index (χ4v) is 5.11. The van der Waals surface area contributed by atoms with Gasteiger partial charge in [-0.15, -0.1) is 10.2 Å². The van der Waals surface area contributed by atoms with E-state index in [2.05, 4.69) is 34.4 Å². The van der Waals surface area contributed by atoms with E-state index in [9.17, 15) is 0 Å². The van der Waals surface area contributed by atoms with E-state index < -0.39 is 8.07 Å². The zero-order chi connectivity index (χ0) is 19.2. The summed E-state index contributed by atoms with van der Waals surface area (Å²) >= 11 is 1.80. The number of hydrogen-bond donors (Lipinski definition) is 0. The molecule has 0 bridgehead atoms. The van der Waals surface area contributed by atoms with Gasteiger partial charge in [0, 0.05) is 25.8 Å². The van der Waals surface area contributed by atoms with Crippen LogP contribution in [0.25, 0.3) is 11.4 Å². The zero-order valence-electron chi connectivity index (χ0n) is 16.5. The molecule has 1 aromatic heterocycles. The van der Waals surface area contributed by atoms with Gasteiger partial charge >= 0.3 is 0 Å². The minimum Gasteiger partial charge on any atom is -0.493 e. The van der Waals surface area contributed by atoms with Gasteiger partial charge < -0.3 is 18.8 Å². The highest BCUT2D eigenvalue weighted by Gasteiger charge is 2.19. The van der Waals surface area contributed by atoms with E-state index >= 15 is 0 Å². The summed E-state index contributed by atoms with van der Waals surface area (Å²) in [7, 11) is 3.82. The standard InChI is InChI=1S/C18H29N3O3SSi/c1-22-11-7-10-21-17(19-20-18(21)25-13-26(4,5)6)14-8-9-15(23-2)16(12-14)24-3/h8-9,12H,7,10-11,13H2,1-6H3. The summed E-state index contributed by atoms with van der Waals surface area (Å²) < 4.78 is 18.2. The predicted molar refractivity (Wildman–Crippen MR) is 109 cm³/mol. The molecule has 1 aromatic carbocycles. The van der Waals surface area contributed by atoms with Gasteiger partial charge in [-0.05, 0) is 30.0 Å². The Labute approximate surface area is 161 Å². The molecular weight excluding hydrogens is 366 g/mol. The van der Waals surface area contributed by atoms with Crippen molar-refractivity contribution in [1.82, 2.24) is 14.8 Å². The van der Waals surface area contributed by atoms with Gasteiger partial charge in [0.05, 0.1) is 22.3 Å². The van der Waals surface area contributed by atoms with Gasteiger partial charge in [-0.25, -0.2) is 0 Å². The van der Waals surface area contributed by atoms with Crippen LogP contribution < -0.4 is 9.47 Å². The average Bonchev–Trinajstić information content (AvgIpc) is 3.02. The van der Waals surface area contributed by atoms with Crippen molar-refractivity contribution >= 4 is 19.8 Å². The number of methoxy groups -OCH3 is 3. The third kappa shape index (κ3) is 5.49. The lowest BCUT2D eigenvalue weighted by molar-refractivity contribution is 0.189. The van der Waals surface area contributed by atoms with E-state index in [4.69, 9.17) is 14.2 Å². The van der Waals surface area contributed by atoms with E-state index in [0.717, 1.165) is 34.9 Å². The molecule has 0 aliphatic heterocycles. The van der Waals surface area contributed by atoms with E-state index in [1.165, 1.54) is 0 Å². The second-order valence-electron chi connectivity index (χ2n) is 7.22. The Morgan fingerprint density at radius 2 is 1.77 bits per heavy atom. The molecule has 0 unspecified atom stereocenters. The van der Waals surface area contributed by atoms with Gasteiger partial charge in [0.25, 0.3) is 0 Å². The minimum atomic E-state index is -1.18. The maximum atomic E-state index is 5.43. The van der Waals surface area contributed by atoms with Gasteiger partial charge in [-0.3, -0.25) is 0 Å². The van der Waals surface area contributed by atoms with Crippen molar-refractivity contribution < 1.29 is 14.2 Å². The van der Waals surface area contributed by atoms with Crippen molar-refractivity contribution in [3.8, 4) is 22.9 Å². The number of rotatable bonds is 10. The van der Waals surface area contributed by atoms with Gasteiger partial charge in [0.15, 0.2) is 22.5 Å². The molecule has 0 aliphatic carbocycles. The first kappa shape index (κ1) is 20.8. The summed E-state index contributed by atoms with van der Waals surface area (Å²) in [5.74, 6) is 2.24. The molecule has 0 amide bonds. The quantitative estimate of drug-likeness (QED) is 0.345. The first-order valence-electron chi connectivity index (χ1n) is 8.67. The Morgan fingerprint density at radius 3 is 2.38 bits per heavy atom. The van der Waals surface area contributed by atoms with Crippen LogP contribution in [0.3, 0.4) is 0 Å². The van der Waals surface area contributed by atoms with Crippen LogP contribution in [-0.4, -0.2) is 56.2 Å². The van der Waals surface area contributed by atoms with Crippen molar-refractivity contribution in [3.63, 3.8) is 0 Å². The van der Waals surface area contributed by atoms with E-state index in [0.29, 0.717) is 18.1 Å². The Bertz CT molecular complexity index is 716. The number of thioether (sulfide) groups is 1. The van der Waals surface area contributed by atoms with Crippen molar-refractivity contribution in [2.75, 3.05) is 33.3 Å². The number of ether oxygens (including phenoxy) is 3. The molecule has 0 saturated heterocycles. The van der Waals surface area contributed by atoms with Gasteiger partial charge in [0.1, 0.15) is 0 Å². The summed E-state index contributed by atoms with van der Waals surface area (Å²) in [5.41, 5.74) is 0.965. The van der Waals surface area contributed by atoms with Crippen LogP contribution in [-0.2, 0) is 11.3 Å². The van der Waals surface area contributed by atoms with Crippen molar-refractivity contribution in [3.05, 3.63) is 18.2 Å². The molecular formula is C18H29N3O3SSi. The van der Waals surface area contributed by atoms with Crippen molar-refractivity contribution in [1.29, 1.82) is 0 Å². The Morgan fingerprint density at radius 1 is 1.04 bits per heavy atom. The molecule has 0 fully saturated rings. The second kappa shape index (κ2) is 9.43. The maximum Gasteiger partial charge on any atom is 0.191 e. The Balaban J connectivity index is 2.35. The third-order valence-electron chi connectivity index (χ3n) is 3.72. The van der Waals surface area contributed by atoms with Gasteiger partial charge in [0.2, 0.25) is 0 Å². The average molecular weight is 396 g/mol. The summed E-state index contributed by atoms with van der Waals surface area (Å²) in [6.07, 6.45) is 0.912. The van der Waals surface area contributed by atoms with Crippen LogP contribution >= 0.6 is 11.8 Å². The summed E-state index contributed by atoms with van der Waals surface area (Å²) in [5, 5.41) is 11.0. The molecule has 0 N–H and O–H groups in total. The first-order chi connectivity index (χ1) is 12.4. The summed E-state index contributed by atoms with van der Waals surface area (Å²) in [4.78, 5) is 0. The topological polar surface area (TPSA) is 58.4 Å². The maximum absolute atomic E-state index is 5.43. The lowest BCUT2D eigenvalue weighted by Crippen LogP contribution is -2.24. The zero-order valence-corrected chi connectivity index (χ0v) is 18.4.